The maximum absolute atomic E-state index is 13.3. The number of aromatic nitrogens is 3. The minimum absolute atomic E-state index is 0.0000723. The maximum atomic E-state index is 13.3. The summed E-state index contributed by atoms with van der Waals surface area (Å²) in [6, 6.07) is 3.97. The predicted molar refractivity (Wildman–Crippen MR) is 88.6 cm³/mol. The topological polar surface area (TPSA) is 58.3 Å². The van der Waals surface area contributed by atoms with E-state index in [1.165, 1.54) is 12.4 Å². The second-order valence-corrected chi connectivity index (χ2v) is 5.66. The molecule has 0 fully saturated rings. The molecule has 0 radical (unpaired) electrons. The number of nitrogens with zero attached hydrogens (tertiary/aromatic N) is 5. The summed E-state index contributed by atoms with van der Waals surface area (Å²) in [5.41, 5.74) is 0.729. The third kappa shape index (κ3) is 4.27. The van der Waals surface area contributed by atoms with E-state index >= 15 is 0 Å². The van der Waals surface area contributed by atoms with E-state index in [-0.39, 0.29) is 5.92 Å². The van der Waals surface area contributed by atoms with Crippen LogP contribution < -0.4 is 5.32 Å². The number of nitrogens with one attached hydrogen (secondary N) is 1. The molecule has 0 aliphatic carbocycles. The lowest BCUT2D eigenvalue weighted by Gasteiger charge is -2.23. The van der Waals surface area contributed by atoms with Crippen LogP contribution in [0.4, 0.5) is 8.78 Å². The van der Waals surface area contributed by atoms with Crippen LogP contribution in [-0.2, 0) is 13.6 Å². The van der Waals surface area contributed by atoms with Gasteiger partial charge >= 0.3 is 0 Å². The molecule has 0 bridgehead atoms. The van der Waals surface area contributed by atoms with Crippen LogP contribution in [0.25, 0.3) is 0 Å². The molecule has 1 unspecified atom stereocenters. The van der Waals surface area contributed by atoms with Crippen molar-refractivity contribution in [3.8, 4) is 0 Å². The highest BCUT2D eigenvalue weighted by molar-refractivity contribution is 5.79. The fourth-order valence-corrected chi connectivity index (χ4v) is 2.32. The normalized spacial score (nSPS) is 13.0. The van der Waals surface area contributed by atoms with E-state index < -0.39 is 11.6 Å². The molecule has 6 nitrogen and oxygen atoms in total. The molecule has 2 aromatic rings. The quantitative estimate of drug-likeness (QED) is 0.669. The number of hydrogen-bond donors (Lipinski definition) is 1. The minimum atomic E-state index is -0.835. The summed E-state index contributed by atoms with van der Waals surface area (Å²) in [5, 5.41) is 7.27. The SMILES string of the molecule is CN=C(NCC(C)c1ccc(F)c(F)c1)N(C)Cc1ncnn1C. The van der Waals surface area contributed by atoms with Gasteiger partial charge < -0.3 is 10.2 Å². The molecule has 24 heavy (non-hydrogen) atoms. The first-order chi connectivity index (χ1) is 11.4. The summed E-state index contributed by atoms with van der Waals surface area (Å²) in [4.78, 5) is 10.3. The first-order valence-corrected chi connectivity index (χ1v) is 7.62. The van der Waals surface area contributed by atoms with Crippen molar-refractivity contribution in [2.45, 2.75) is 19.4 Å². The highest BCUT2D eigenvalue weighted by atomic mass is 19.2. The van der Waals surface area contributed by atoms with Crippen molar-refractivity contribution in [3.63, 3.8) is 0 Å². The van der Waals surface area contributed by atoms with E-state index in [0.717, 1.165) is 17.5 Å². The Labute approximate surface area is 140 Å². The lowest BCUT2D eigenvalue weighted by atomic mass is 10.0. The lowest BCUT2D eigenvalue weighted by molar-refractivity contribution is 0.446. The zero-order valence-electron chi connectivity index (χ0n) is 14.3. The molecule has 0 aliphatic heterocycles. The zero-order chi connectivity index (χ0) is 17.7. The van der Waals surface area contributed by atoms with Crippen molar-refractivity contribution < 1.29 is 8.78 Å². The average Bonchev–Trinajstić information content (AvgIpc) is 2.95. The van der Waals surface area contributed by atoms with E-state index in [0.29, 0.717) is 19.0 Å². The second-order valence-electron chi connectivity index (χ2n) is 5.66. The second kappa shape index (κ2) is 7.85. The monoisotopic (exact) mass is 336 g/mol. The molecule has 0 amide bonds. The minimum Gasteiger partial charge on any atom is -0.356 e. The van der Waals surface area contributed by atoms with Crippen LogP contribution in [0.2, 0.25) is 0 Å². The van der Waals surface area contributed by atoms with Gasteiger partial charge in [-0.2, -0.15) is 5.10 Å². The maximum Gasteiger partial charge on any atom is 0.193 e. The van der Waals surface area contributed by atoms with Gasteiger partial charge in [0.05, 0.1) is 6.54 Å². The fraction of sp³-hybridized carbons (Fsp3) is 0.438. The molecule has 130 valence electrons. The van der Waals surface area contributed by atoms with Crippen molar-refractivity contribution in [1.29, 1.82) is 0 Å². The molecular formula is C16H22F2N6. The molecule has 0 spiro atoms. The molecule has 1 N–H and O–H groups in total. The molecule has 0 aliphatic rings. The standard InChI is InChI=1S/C16H22F2N6/c1-11(12-5-6-13(17)14(18)7-12)8-20-16(19-2)23(3)9-15-21-10-22-24(15)4/h5-7,10-11H,8-9H2,1-4H3,(H,19,20). The Balaban J connectivity index is 1.95. The zero-order valence-corrected chi connectivity index (χ0v) is 14.3. The summed E-state index contributed by atoms with van der Waals surface area (Å²) < 4.78 is 28.1. The summed E-state index contributed by atoms with van der Waals surface area (Å²) in [7, 11) is 5.42. The van der Waals surface area contributed by atoms with E-state index in [1.54, 1.807) is 17.8 Å². The first-order valence-electron chi connectivity index (χ1n) is 7.62. The van der Waals surface area contributed by atoms with Crippen molar-refractivity contribution in [2.24, 2.45) is 12.0 Å². The summed E-state index contributed by atoms with van der Waals surface area (Å²) >= 11 is 0. The molecule has 0 saturated heterocycles. The van der Waals surface area contributed by atoms with E-state index in [1.807, 2.05) is 25.9 Å². The Morgan fingerprint density at radius 2 is 2.12 bits per heavy atom. The van der Waals surface area contributed by atoms with E-state index in [2.05, 4.69) is 20.4 Å². The number of guanidine groups is 1. The predicted octanol–water partition coefficient (Wildman–Crippen LogP) is 1.90. The Hall–Kier alpha value is -2.51. The third-order valence-electron chi connectivity index (χ3n) is 3.84. The number of aryl methyl sites for hydroxylation is 1. The Bertz CT molecular complexity index is 712. The van der Waals surface area contributed by atoms with Gasteiger partial charge in [0, 0.05) is 27.7 Å². The van der Waals surface area contributed by atoms with Crippen LogP contribution >= 0.6 is 0 Å². The Morgan fingerprint density at radius 3 is 2.71 bits per heavy atom. The van der Waals surface area contributed by atoms with Gasteiger partial charge in [0.2, 0.25) is 0 Å². The molecular weight excluding hydrogens is 314 g/mol. The van der Waals surface area contributed by atoms with Crippen LogP contribution in [-0.4, -0.2) is 46.3 Å². The average molecular weight is 336 g/mol. The molecule has 1 heterocycles. The van der Waals surface area contributed by atoms with Gasteiger partial charge in [0.1, 0.15) is 12.2 Å². The van der Waals surface area contributed by atoms with Gasteiger partial charge in [-0.05, 0) is 23.6 Å². The molecule has 8 heteroatoms. The van der Waals surface area contributed by atoms with Crippen molar-refractivity contribution in [2.75, 3.05) is 20.6 Å². The van der Waals surface area contributed by atoms with Gasteiger partial charge in [-0.25, -0.2) is 13.8 Å². The van der Waals surface area contributed by atoms with Crippen LogP contribution in [0.5, 0.6) is 0 Å². The highest BCUT2D eigenvalue weighted by Crippen LogP contribution is 2.17. The summed E-state index contributed by atoms with van der Waals surface area (Å²) in [6.07, 6.45) is 1.50. The van der Waals surface area contributed by atoms with Crippen LogP contribution in [0.3, 0.4) is 0 Å². The van der Waals surface area contributed by atoms with E-state index in [9.17, 15) is 8.78 Å². The van der Waals surface area contributed by atoms with Gasteiger partial charge in [-0.15, -0.1) is 0 Å². The molecule has 1 aromatic heterocycles. The number of benzene rings is 1. The molecule has 1 aromatic carbocycles. The van der Waals surface area contributed by atoms with Crippen molar-refractivity contribution in [1.82, 2.24) is 25.0 Å². The number of hydrogen-bond acceptors (Lipinski definition) is 3. The molecule has 0 saturated carbocycles. The van der Waals surface area contributed by atoms with Gasteiger partial charge in [-0.1, -0.05) is 13.0 Å². The molecule has 2 rings (SSSR count). The van der Waals surface area contributed by atoms with Crippen LogP contribution in [0.1, 0.15) is 24.2 Å². The van der Waals surface area contributed by atoms with Gasteiger partial charge in [-0.3, -0.25) is 9.67 Å². The molecule has 1 atom stereocenters. The Kier molecular flexibility index (Phi) is 5.83. The van der Waals surface area contributed by atoms with Gasteiger partial charge in [0.15, 0.2) is 17.6 Å². The number of rotatable bonds is 5. The largest absolute Gasteiger partial charge is 0.356 e. The van der Waals surface area contributed by atoms with Crippen molar-refractivity contribution >= 4 is 5.96 Å². The summed E-state index contributed by atoms with van der Waals surface area (Å²) in [6.45, 7) is 3.03. The number of aliphatic imine (C=N–C) groups is 1. The smallest absolute Gasteiger partial charge is 0.193 e. The first kappa shape index (κ1) is 17.8. The van der Waals surface area contributed by atoms with Gasteiger partial charge in [0.25, 0.3) is 0 Å². The van der Waals surface area contributed by atoms with Crippen LogP contribution in [0.15, 0.2) is 29.5 Å². The Morgan fingerprint density at radius 1 is 1.38 bits per heavy atom. The fourth-order valence-electron chi connectivity index (χ4n) is 2.32. The summed E-state index contributed by atoms with van der Waals surface area (Å²) in [5.74, 6) is -0.164. The van der Waals surface area contributed by atoms with Crippen molar-refractivity contribution in [3.05, 3.63) is 47.5 Å². The van der Waals surface area contributed by atoms with Crippen LogP contribution in [0, 0.1) is 11.6 Å². The number of halogens is 2. The van der Waals surface area contributed by atoms with E-state index in [4.69, 9.17) is 0 Å². The third-order valence-corrected chi connectivity index (χ3v) is 3.84. The highest BCUT2D eigenvalue weighted by Gasteiger charge is 2.13. The lowest BCUT2D eigenvalue weighted by Crippen LogP contribution is -2.40.